The monoisotopic (exact) mass is 182 g/mol. The van der Waals surface area contributed by atoms with Gasteiger partial charge < -0.3 is 10.2 Å². The van der Waals surface area contributed by atoms with Gasteiger partial charge in [0.15, 0.2) is 0 Å². The minimum atomic E-state index is 0.191. The molecule has 1 aliphatic heterocycles. The fourth-order valence-electron chi connectivity index (χ4n) is 1.65. The Hall–Kier alpha value is -0.830. The van der Waals surface area contributed by atoms with Crippen molar-refractivity contribution in [3.63, 3.8) is 0 Å². The van der Waals surface area contributed by atoms with E-state index in [9.17, 15) is 4.79 Å². The molecule has 0 saturated carbocycles. The molecule has 74 valence electrons. The van der Waals surface area contributed by atoms with Gasteiger partial charge in [-0.2, -0.15) is 0 Å². The van der Waals surface area contributed by atoms with Gasteiger partial charge in [0.25, 0.3) is 0 Å². The molecule has 0 bridgehead atoms. The van der Waals surface area contributed by atoms with Gasteiger partial charge in [0.05, 0.1) is 0 Å². The molecule has 3 heteroatoms. The zero-order valence-corrected chi connectivity index (χ0v) is 8.42. The van der Waals surface area contributed by atoms with Crippen LogP contribution in [0.15, 0.2) is 12.7 Å². The molecule has 1 amide bonds. The van der Waals surface area contributed by atoms with Crippen LogP contribution in [0.4, 0.5) is 0 Å². The van der Waals surface area contributed by atoms with E-state index in [4.69, 9.17) is 0 Å². The summed E-state index contributed by atoms with van der Waals surface area (Å²) in [4.78, 5) is 13.5. The number of piperazine rings is 1. The van der Waals surface area contributed by atoms with E-state index in [1.54, 1.807) is 6.08 Å². The molecule has 2 unspecified atom stereocenters. The fraction of sp³-hybridized carbons (Fsp3) is 0.700. The Labute approximate surface area is 79.8 Å². The second kappa shape index (κ2) is 4.42. The Morgan fingerprint density at radius 3 is 3.00 bits per heavy atom. The zero-order valence-electron chi connectivity index (χ0n) is 8.42. The van der Waals surface area contributed by atoms with E-state index in [2.05, 4.69) is 25.7 Å². The minimum Gasteiger partial charge on any atom is -0.337 e. The molecule has 1 heterocycles. The molecular formula is C10H18N2O. The standard InChI is InChI=1S/C10H18N2O/c1-4-5-10(13)12-7-6-11-8(2)9(12)3/h4,8-9,11H,1,5-7H2,2-3H3. The largest absolute Gasteiger partial charge is 0.337 e. The fourth-order valence-corrected chi connectivity index (χ4v) is 1.65. The van der Waals surface area contributed by atoms with Crippen molar-refractivity contribution < 1.29 is 4.79 Å². The van der Waals surface area contributed by atoms with Crippen molar-refractivity contribution in [3.8, 4) is 0 Å². The highest BCUT2D eigenvalue weighted by Crippen LogP contribution is 2.10. The Balaban J connectivity index is 2.56. The Morgan fingerprint density at radius 1 is 1.69 bits per heavy atom. The van der Waals surface area contributed by atoms with E-state index >= 15 is 0 Å². The first-order chi connectivity index (χ1) is 6.16. The molecule has 0 aliphatic carbocycles. The molecule has 0 radical (unpaired) electrons. The third-order valence-corrected chi connectivity index (χ3v) is 2.67. The normalized spacial score (nSPS) is 28.6. The highest BCUT2D eigenvalue weighted by molar-refractivity contribution is 5.78. The summed E-state index contributed by atoms with van der Waals surface area (Å²) in [6, 6.07) is 0.684. The maximum Gasteiger partial charge on any atom is 0.226 e. The summed E-state index contributed by atoms with van der Waals surface area (Å²) in [7, 11) is 0. The van der Waals surface area contributed by atoms with E-state index in [0.717, 1.165) is 13.1 Å². The van der Waals surface area contributed by atoms with Crippen LogP contribution in [0, 0.1) is 0 Å². The van der Waals surface area contributed by atoms with Crippen molar-refractivity contribution in [1.29, 1.82) is 0 Å². The Morgan fingerprint density at radius 2 is 2.38 bits per heavy atom. The number of hydrogen-bond donors (Lipinski definition) is 1. The molecule has 3 nitrogen and oxygen atoms in total. The second-order valence-corrected chi connectivity index (χ2v) is 3.56. The number of hydrogen-bond acceptors (Lipinski definition) is 2. The van der Waals surface area contributed by atoms with Crippen molar-refractivity contribution >= 4 is 5.91 Å². The van der Waals surface area contributed by atoms with Gasteiger partial charge >= 0.3 is 0 Å². The van der Waals surface area contributed by atoms with Crippen molar-refractivity contribution in [1.82, 2.24) is 10.2 Å². The first-order valence-electron chi connectivity index (χ1n) is 4.80. The molecule has 1 fully saturated rings. The maximum absolute atomic E-state index is 11.6. The first kappa shape index (κ1) is 10.3. The summed E-state index contributed by atoms with van der Waals surface area (Å²) >= 11 is 0. The van der Waals surface area contributed by atoms with E-state index in [1.165, 1.54) is 0 Å². The van der Waals surface area contributed by atoms with Crippen LogP contribution in [-0.2, 0) is 4.79 Å². The number of carbonyl (C=O) groups is 1. The van der Waals surface area contributed by atoms with Gasteiger partial charge in [0.1, 0.15) is 0 Å². The number of carbonyl (C=O) groups excluding carboxylic acids is 1. The molecule has 1 N–H and O–H groups in total. The van der Waals surface area contributed by atoms with E-state index in [1.807, 2.05) is 4.90 Å². The molecular weight excluding hydrogens is 164 g/mol. The van der Waals surface area contributed by atoms with Gasteiger partial charge in [-0.05, 0) is 13.8 Å². The number of rotatable bonds is 2. The first-order valence-corrected chi connectivity index (χ1v) is 4.80. The van der Waals surface area contributed by atoms with Crippen LogP contribution in [0.2, 0.25) is 0 Å². The molecule has 0 aromatic carbocycles. The highest BCUT2D eigenvalue weighted by Gasteiger charge is 2.26. The van der Waals surface area contributed by atoms with Crippen LogP contribution in [0.3, 0.4) is 0 Å². The smallest absolute Gasteiger partial charge is 0.226 e. The number of amides is 1. The SMILES string of the molecule is C=CCC(=O)N1CCNC(C)C1C. The Kier molecular flexibility index (Phi) is 3.48. The van der Waals surface area contributed by atoms with E-state index in [0.29, 0.717) is 18.5 Å². The van der Waals surface area contributed by atoms with E-state index in [-0.39, 0.29) is 5.91 Å². The predicted molar refractivity (Wildman–Crippen MR) is 53.5 cm³/mol. The van der Waals surface area contributed by atoms with Crippen LogP contribution in [0.5, 0.6) is 0 Å². The quantitative estimate of drug-likeness (QED) is 0.640. The van der Waals surface area contributed by atoms with Gasteiger partial charge in [0, 0.05) is 31.6 Å². The summed E-state index contributed by atoms with van der Waals surface area (Å²) in [6.45, 7) is 9.48. The molecule has 1 rings (SSSR count). The summed E-state index contributed by atoms with van der Waals surface area (Å²) in [5.74, 6) is 0.191. The van der Waals surface area contributed by atoms with Gasteiger partial charge in [-0.1, -0.05) is 6.08 Å². The molecule has 1 saturated heterocycles. The van der Waals surface area contributed by atoms with Crippen LogP contribution in [0.25, 0.3) is 0 Å². The Bertz CT molecular complexity index is 203. The van der Waals surface area contributed by atoms with Gasteiger partial charge in [-0.25, -0.2) is 0 Å². The van der Waals surface area contributed by atoms with Crippen molar-refractivity contribution in [2.24, 2.45) is 0 Å². The van der Waals surface area contributed by atoms with Crippen molar-refractivity contribution in [2.75, 3.05) is 13.1 Å². The van der Waals surface area contributed by atoms with Crippen molar-refractivity contribution in [3.05, 3.63) is 12.7 Å². The van der Waals surface area contributed by atoms with Crippen LogP contribution in [0.1, 0.15) is 20.3 Å². The lowest BCUT2D eigenvalue weighted by atomic mass is 10.1. The van der Waals surface area contributed by atoms with Gasteiger partial charge in [-0.3, -0.25) is 4.79 Å². The van der Waals surface area contributed by atoms with E-state index < -0.39 is 0 Å². The average Bonchev–Trinajstić information content (AvgIpc) is 2.10. The zero-order chi connectivity index (χ0) is 9.84. The summed E-state index contributed by atoms with van der Waals surface area (Å²) in [6.07, 6.45) is 2.12. The average molecular weight is 182 g/mol. The van der Waals surface area contributed by atoms with Crippen LogP contribution < -0.4 is 5.32 Å². The third kappa shape index (κ3) is 2.31. The van der Waals surface area contributed by atoms with Crippen LogP contribution >= 0.6 is 0 Å². The van der Waals surface area contributed by atoms with Crippen molar-refractivity contribution in [2.45, 2.75) is 32.4 Å². The molecule has 0 spiro atoms. The topological polar surface area (TPSA) is 32.3 Å². The predicted octanol–water partition coefficient (Wildman–Crippen LogP) is 0.771. The third-order valence-electron chi connectivity index (χ3n) is 2.67. The lowest BCUT2D eigenvalue weighted by Crippen LogP contribution is -2.57. The molecule has 0 aromatic rings. The molecule has 2 atom stereocenters. The maximum atomic E-state index is 11.6. The van der Waals surface area contributed by atoms with Crippen LogP contribution in [-0.4, -0.2) is 36.0 Å². The minimum absolute atomic E-state index is 0.191. The lowest BCUT2D eigenvalue weighted by molar-refractivity contribution is -0.133. The van der Waals surface area contributed by atoms with Gasteiger partial charge in [-0.15, -0.1) is 6.58 Å². The van der Waals surface area contributed by atoms with Gasteiger partial charge in [0.2, 0.25) is 5.91 Å². The second-order valence-electron chi connectivity index (χ2n) is 3.56. The number of nitrogens with one attached hydrogen (secondary N) is 1. The lowest BCUT2D eigenvalue weighted by Gasteiger charge is -2.38. The summed E-state index contributed by atoms with van der Waals surface area (Å²) in [5, 5.41) is 3.34. The molecule has 1 aliphatic rings. The number of nitrogens with zero attached hydrogens (tertiary/aromatic N) is 1. The highest BCUT2D eigenvalue weighted by atomic mass is 16.2. The summed E-state index contributed by atoms with van der Waals surface area (Å²) in [5.41, 5.74) is 0. The molecule has 13 heavy (non-hydrogen) atoms. The summed E-state index contributed by atoms with van der Waals surface area (Å²) < 4.78 is 0. The molecule has 0 aromatic heterocycles.